The number of anilines is 5. The molecular formula is C25H21N5O3. The van der Waals surface area contributed by atoms with Crippen LogP contribution in [0.3, 0.4) is 0 Å². The van der Waals surface area contributed by atoms with E-state index in [1.165, 1.54) is 0 Å². The summed E-state index contributed by atoms with van der Waals surface area (Å²) in [6.07, 6.45) is 0. The zero-order chi connectivity index (χ0) is 22.6. The Morgan fingerprint density at radius 3 is 2.33 bits per heavy atom. The molecule has 0 unspecified atom stereocenters. The maximum Gasteiger partial charge on any atom is 0.255 e. The Morgan fingerprint density at radius 1 is 0.788 bits per heavy atom. The Labute approximate surface area is 190 Å². The number of ether oxygens (including phenoxy) is 2. The van der Waals surface area contributed by atoms with E-state index < -0.39 is 0 Å². The molecule has 164 valence electrons. The lowest BCUT2D eigenvalue weighted by molar-refractivity contribution is 0.102. The van der Waals surface area contributed by atoms with E-state index in [1.54, 1.807) is 18.2 Å². The van der Waals surface area contributed by atoms with Crippen LogP contribution in [0, 0.1) is 6.92 Å². The second-order valence-corrected chi connectivity index (χ2v) is 7.43. The first kappa shape index (κ1) is 20.3. The Balaban J connectivity index is 1.25. The lowest BCUT2D eigenvalue weighted by atomic mass is 10.2. The molecule has 3 aromatic carbocycles. The second-order valence-electron chi connectivity index (χ2n) is 7.43. The van der Waals surface area contributed by atoms with Crippen molar-refractivity contribution in [2.45, 2.75) is 6.92 Å². The van der Waals surface area contributed by atoms with E-state index >= 15 is 0 Å². The smallest absolute Gasteiger partial charge is 0.255 e. The maximum atomic E-state index is 12.6. The third-order valence-corrected chi connectivity index (χ3v) is 4.93. The summed E-state index contributed by atoms with van der Waals surface area (Å²) in [7, 11) is 0. The summed E-state index contributed by atoms with van der Waals surface area (Å²) in [5.74, 6) is 2.16. The van der Waals surface area contributed by atoms with Gasteiger partial charge in [-0.15, -0.1) is 0 Å². The number of amides is 1. The monoisotopic (exact) mass is 439 g/mol. The number of fused-ring (bicyclic) bond motifs is 1. The van der Waals surface area contributed by atoms with Gasteiger partial charge in [0.2, 0.25) is 12.7 Å². The van der Waals surface area contributed by atoms with Gasteiger partial charge < -0.3 is 25.4 Å². The van der Waals surface area contributed by atoms with Crippen LogP contribution < -0.4 is 25.4 Å². The minimum Gasteiger partial charge on any atom is -0.454 e. The van der Waals surface area contributed by atoms with Gasteiger partial charge in [-0.1, -0.05) is 18.2 Å². The van der Waals surface area contributed by atoms with Crippen molar-refractivity contribution in [1.29, 1.82) is 0 Å². The SMILES string of the molecule is Cc1cc(Nc2ccccc2)nc(Nc2ccc(NC(=O)c3ccc4c(c3)OCO4)cc2)n1. The fraction of sp³-hybridized carbons (Fsp3) is 0.0800. The quantitative estimate of drug-likeness (QED) is 0.377. The summed E-state index contributed by atoms with van der Waals surface area (Å²) < 4.78 is 10.6. The van der Waals surface area contributed by atoms with E-state index in [1.807, 2.05) is 67.6 Å². The van der Waals surface area contributed by atoms with Gasteiger partial charge in [-0.2, -0.15) is 4.98 Å². The summed E-state index contributed by atoms with van der Waals surface area (Å²) >= 11 is 0. The predicted octanol–water partition coefficient (Wildman–Crippen LogP) is 5.25. The number of benzene rings is 3. The molecule has 0 atom stereocenters. The number of rotatable bonds is 6. The molecule has 0 aliphatic carbocycles. The van der Waals surface area contributed by atoms with Crippen LogP contribution in [-0.2, 0) is 0 Å². The number of nitrogens with one attached hydrogen (secondary N) is 3. The van der Waals surface area contributed by atoms with E-state index in [-0.39, 0.29) is 12.7 Å². The average Bonchev–Trinajstić information content (AvgIpc) is 3.29. The second kappa shape index (κ2) is 8.88. The summed E-state index contributed by atoms with van der Waals surface area (Å²) in [5.41, 5.74) is 3.74. The summed E-state index contributed by atoms with van der Waals surface area (Å²) in [6.45, 7) is 2.08. The molecule has 0 bridgehead atoms. The van der Waals surface area contributed by atoms with Crippen molar-refractivity contribution < 1.29 is 14.3 Å². The van der Waals surface area contributed by atoms with Crippen LogP contribution in [0.2, 0.25) is 0 Å². The standard InChI is InChI=1S/C25H21N5O3/c1-16-13-23(27-18-5-3-2-4-6-18)30-25(26-16)29-20-10-8-19(9-11-20)28-24(31)17-7-12-21-22(14-17)33-15-32-21/h2-14H,15H2,1H3,(H,28,31)(H2,26,27,29,30). The number of hydrogen-bond donors (Lipinski definition) is 3. The van der Waals surface area contributed by atoms with Crippen LogP contribution in [0.5, 0.6) is 11.5 Å². The first-order chi connectivity index (χ1) is 16.1. The molecule has 3 N–H and O–H groups in total. The Bertz CT molecular complexity index is 1290. The largest absolute Gasteiger partial charge is 0.454 e. The number of aromatic nitrogens is 2. The predicted molar refractivity (Wildman–Crippen MR) is 127 cm³/mol. The van der Waals surface area contributed by atoms with Gasteiger partial charge in [0.1, 0.15) is 5.82 Å². The van der Waals surface area contributed by atoms with E-state index in [2.05, 4.69) is 25.9 Å². The third-order valence-electron chi connectivity index (χ3n) is 4.93. The van der Waals surface area contributed by atoms with Crippen molar-refractivity contribution in [3.05, 3.63) is 90.1 Å². The Morgan fingerprint density at radius 2 is 1.52 bits per heavy atom. The number of carbonyl (C=O) groups is 1. The zero-order valence-corrected chi connectivity index (χ0v) is 17.8. The summed E-state index contributed by atoms with van der Waals surface area (Å²) in [5, 5.41) is 9.37. The van der Waals surface area contributed by atoms with Crippen LogP contribution >= 0.6 is 0 Å². The van der Waals surface area contributed by atoms with Gasteiger partial charge in [0, 0.05) is 34.4 Å². The van der Waals surface area contributed by atoms with Gasteiger partial charge in [0.25, 0.3) is 5.91 Å². The van der Waals surface area contributed by atoms with E-state index in [0.717, 1.165) is 17.1 Å². The normalized spacial score (nSPS) is 11.7. The molecule has 1 amide bonds. The first-order valence-corrected chi connectivity index (χ1v) is 10.4. The summed E-state index contributed by atoms with van der Waals surface area (Å²) in [4.78, 5) is 21.6. The van der Waals surface area contributed by atoms with Gasteiger partial charge in [0.05, 0.1) is 0 Å². The van der Waals surface area contributed by atoms with Crippen molar-refractivity contribution in [3.8, 4) is 11.5 Å². The highest BCUT2D eigenvalue weighted by atomic mass is 16.7. The minimum atomic E-state index is -0.229. The molecule has 0 radical (unpaired) electrons. The Hall–Kier alpha value is -4.59. The van der Waals surface area contributed by atoms with Gasteiger partial charge >= 0.3 is 0 Å². The summed E-state index contributed by atoms with van der Waals surface area (Å²) in [6, 6.07) is 24.1. The molecule has 4 aromatic rings. The molecule has 2 heterocycles. The Kier molecular flexibility index (Phi) is 5.47. The number of hydrogen-bond acceptors (Lipinski definition) is 7. The number of nitrogens with zero attached hydrogens (tertiary/aromatic N) is 2. The van der Waals surface area contributed by atoms with Gasteiger partial charge in [-0.3, -0.25) is 4.79 Å². The van der Waals surface area contributed by atoms with E-state index in [9.17, 15) is 4.79 Å². The van der Waals surface area contributed by atoms with Crippen molar-refractivity contribution >= 4 is 34.7 Å². The highest BCUT2D eigenvalue weighted by molar-refractivity contribution is 6.04. The average molecular weight is 439 g/mol. The van der Waals surface area contributed by atoms with Gasteiger partial charge in [-0.05, 0) is 61.5 Å². The van der Waals surface area contributed by atoms with Gasteiger partial charge in [-0.25, -0.2) is 4.98 Å². The van der Waals surface area contributed by atoms with Crippen LogP contribution in [0.4, 0.5) is 28.8 Å². The fourth-order valence-corrected chi connectivity index (χ4v) is 3.36. The van der Waals surface area contributed by atoms with Gasteiger partial charge in [0.15, 0.2) is 11.5 Å². The number of para-hydroxylation sites is 1. The topological polar surface area (TPSA) is 97.4 Å². The molecule has 8 heteroatoms. The lowest BCUT2D eigenvalue weighted by Crippen LogP contribution is -2.11. The number of carbonyl (C=O) groups excluding carboxylic acids is 1. The molecule has 0 saturated carbocycles. The number of aryl methyl sites for hydroxylation is 1. The fourth-order valence-electron chi connectivity index (χ4n) is 3.36. The molecule has 0 fully saturated rings. The van der Waals surface area contributed by atoms with Crippen LogP contribution in [0.1, 0.15) is 16.1 Å². The maximum absolute atomic E-state index is 12.6. The highest BCUT2D eigenvalue weighted by Gasteiger charge is 2.16. The van der Waals surface area contributed by atoms with Crippen molar-refractivity contribution in [2.24, 2.45) is 0 Å². The highest BCUT2D eigenvalue weighted by Crippen LogP contribution is 2.32. The zero-order valence-electron chi connectivity index (χ0n) is 17.8. The third kappa shape index (κ3) is 4.85. The molecule has 33 heavy (non-hydrogen) atoms. The molecule has 8 nitrogen and oxygen atoms in total. The van der Waals surface area contributed by atoms with Crippen LogP contribution in [0.15, 0.2) is 78.9 Å². The van der Waals surface area contributed by atoms with Crippen molar-refractivity contribution in [2.75, 3.05) is 22.7 Å². The van der Waals surface area contributed by atoms with Crippen LogP contribution in [0.25, 0.3) is 0 Å². The first-order valence-electron chi connectivity index (χ1n) is 10.4. The molecule has 5 rings (SSSR count). The molecule has 0 spiro atoms. The van der Waals surface area contributed by atoms with Crippen molar-refractivity contribution in [1.82, 2.24) is 9.97 Å². The lowest BCUT2D eigenvalue weighted by Gasteiger charge is -2.11. The molecular weight excluding hydrogens is 418 g/mol. The molecule has 0 saturated heterocycles. The van der Waals surface area contributed by atoms with E-state index in [4.69, 9.17) is 9.47 Å². The minimum absolute atomic E-state index is 0.170. The molecule has 1 aliphatic heterocycles. The molecule has 1 aromatic heterocycles. The van der Waals surface area contributed by atoms with Crippen molar-refractivity contribution in [3.63, 3.8) is 0 Å². The van der Waals surface area contributed by atoms with E-state index in [0.29, 0.717) is 34.5 Å². The van der Waals surface area contributed by atoms with Crippen LogP contribution in [-0.4, -0.2) is 22.7 Å². The molecule has 1 aliphatic rings.